The van der Waals surface area contributed by atoms with Crippen molar-refractivity contribution in [3.05, 3.63) is 63.7 Å². The highest BCUT2D eigenvalue weighted by molar-refractivity contribution is 5.94. The van der Waals surface area contributed by atoms with Crippen LogP contribution in [-0.2, 0) is 11.3 Å². The Balaban J connectivity index is 1.34. The number of nitro groups is 1. The van der Waals surface area contributed by atoms with Gasteiger partial charge in [0.1, 0.15) is 11.4 Å². The molecule has 1 aliphatic carbocycles. The van der Waals surface area contributed by atoms with Gasteiger partial charge in [-0.25, -0.2) is 9.78 Å². The first-order valence-corrected chi connectivity index (χ1v) is 11.7. The normalized spacial score (nSPS) is 17.7. The van der Waals surface area contributed by atoms with Gasteiger partial charge in [-0.05, 0) is 49.4 Å². The van der Waals surface area contributed by atoms with Gasteiger partial charge in [0, 0.05) is 44.2 Å². The van der Waals surface area contributed by atoms with E-state index in [0.717, 1.165) is 48.0 Å². The number of hydrogen-bond donors (Lipinski definition) is 2. The van der Waals surface area contributed by atoms with Crippen LogP contribution in [0.2, 0.25) is 0 Å². The van der Waals surface area contributed by atoms with Gasteiger partial charge in [-0.3, -0.25) is 10.1 Å². The minimum Gasteiger partial charge on any atom is -0.465 e. The second kappa shape index (κ2) is 10.6. The van der Waals surface area contributed by atoms with Crippen molar-refractivity contribution >= 4 is 34.3 Å². The van der Waals surface area contributed by atoms with Crippen LogP contribution in [0.4, 0.5) is 17.5 Å². The second-order valence-electron chi connectivity index (χ2n) is 8.96. The van der Waals surface area contributed by atoms with Gasteiger partial charge >= 0.3 is 5.97 Å². The third-order valence-electron chi connectivity index (χ3n) is 6.33. The Morgan fingerprint density at radius 1 is 1.11 bits per heavy atom. The maximum absolute atomic E-state index is 11.8. The highest BCUT2D eigenvalue weighted by atomic mass is 16.6. The molecule has 0 radical (unpaired) electrons. The number of benzene rings is 2. The molecule has 1 aliphatic rings. The summed E-state index contributed by atoms with van der Waals surface area (Å²) in [6.45, 7) is 0.491. The molecule has 0 atom stereocenters. The zero-order chi connectivity index (χ0) is 24.9. The van der Waals surface area contributed by atoms with E-state index >= 15 is 0 Å². The van der Waals surface area contributed by atoms with Gasteiger partial charge in [-0.1, -0.05) is 18.2 Å². The molecule has 0 unspecified atom stereocenters. The molecule has 35 heavy (non-hydrogen) atoms. The third-order valence-corrected chi connectivity index (χ3v) is 6.33. The summed E-state index contributed by atoms with van der Waals surface area (Å²) >= 11 is 0. The summed E-state index contributed by atoms with van der Waals surface area (Å²) < 4.78 is 4.64. The minimum absolute atomic E-state index is 0.0406. The van der Waals surface area contributed by atoms with Gasteiger partial charge in [0.25, 0.3) is 5.69 Å². The summed E-state index contributed by atoms with van der Waals surface area (Å²) in [5, 5.41) is 19.4. The molecule has 0 spiro atoms. The number of nitrogens with one attached hydrogen (secondary N) is 2. The van der Waals surface area contributed by atoms with E-state index in [0.29, 0.717) is 18.5 Å². The lowest BCUT2D eigenvalue weighted by molar-refractivity contribution is -0.385. The van der Waals surface area contributed by atoms with Crippen molar-refractivity contribution in [2.45, 2.75) is 44.3 Å². The number of ether oxygens (including phenoxy) is 1. The van der Waals surface area contributed by atoms with Crippen molar-refractivity contribution in [1.29, 1.82) is 0 Å². The molecule has 0 bridgehead atoms. The summed E-state index contributed by atoms with van der Waals surface area (Å²) in [4.78, 5) is 34.0. The molecule has 4 rings (SSSR count). The fourth-order valence-corrected chi connectivity index (χ4v) is 4.47. The van der Waals surface area contributed by atoms with Gasteiger partial charge in [-0.2, -0.15) is 4.98 Å². The van der Waals surface area contributed by atoms with Crippen molar-refractivity contribution in [1.82, 2.24) is 15.3 Å². The lowest BCUT2D eigenvalue weighted by atomic mass is 9.91. The fourth-order valence-electron chi connectivity index (χ4n) is 4.47. The van der Waals surface area contributed by atoms with Gasteiger partial charge in [0.2, 0.25) is 5.95 Å². The predicted octanol–water partition coefficient (Wildman–Crippen LogP) is 3.90. The Morgan fingerprint density at radius 2 is 1.83 bits per heavy atom. The molecule has 184 valence electrons. The van der Waals surface area contributed by atoms with Gasteiger partial charge in [0.15, 0.2) is 0 Å². The van der Waals surface area contributed by atoms with Gasteiger partial charge in [-0.15, -0.1) is 0 Å². The first-order valence-electron chi connectivity index (χ1n) is 11.7. The Bertz CT molecular complexity index is 1220. The van der Waals surface area contributed by atoms with E-state index < -0.39 is 10.9 Å². The number of fused-ring (bicyclic) bond motifs is 1. The molecular formula is C25H30N6O4. The van der Waals surface area contributed by atoms with Crippen molar-refractivity contribution in [2.75, 3.05) is 31.4 Å². The van der Waals surface area contributed by atoms with Crippen LogP contribution in [0.1, 0.15) is 41.6 Å². The van der Waals surface area contributed by atoms with E-state index in [2.05, 4.69) is 15.4 Å². The largest absolute Gasteiger partial charge is 0.465 e. The molecule has 1 saturated carbocycles. The van der Waals surface area contributed by atoms with Crippen LogP contribution in [0.25, 0.3) is 10.9 Å². The van der Waals surface area contributed by atoms with Crippen molar-refractivity contribution < 1.29 is 14.5 Å². The second-order valence-corrected chi connectivity index (χ2v) is 8.96. The molecule has 10 nitrogen and oxygen atoms in total. The molecule has 2 N–H and O–H groups in total. The number of anilines is 2. The number of para-hydroxylation sites is 1. The summed E-state index contributed by atoms with van der Waals surface area (Å²) in [7, 11) is 5.17. The van der Waals surface area contributed by atoms with Crippen molar-refractivity contribution in [2.24, 2.45) is 0 Å². The molecule has 1 heterocycles. The Kier molecular flexibility index (Phi) is 7.40. The number of nitro benzene ring substituents is 1. The van der Waals surface area contributed by atoms with E-state index in [9.17, 15) is 14.9 Å². The number of hydrogen-bond acceptors (Lipinski definition) is 9. The van der Waals surface area contributed by atoms with E-state index in [1.54, 1.807) is 6.07 Å². The number of methoxy groups -OCH3 is 1. The fraction of sp³-hybridized carbons (Fsp3) is 0.400. The smallest absolute Gasteiger partial charge is 0.344 e. The SMILES string of the molecule is COC(=O)c1ccc(CNC2CCC(Nc3nc(N(C)C)c4ccccc4n3)CC2)cc1[N+](=O)[O-]. The topological polar surface area (TPSA) is 123 Å². The summed E-state index contributed by atoms with van der Waals surface area (Å²) in [6, 6.07) is 13.2. The molecule has 0 saturated heterocycles. The monoisotopic (exact) mass is 478 g/mol. The number of aromatic nitrogens is 2. The predicted molar refractivity (Wildman–Crippen MR) is 135 cm³/mol. The van der Waals surface area contributed by atoms with Gasteiger partial charge in [0.05, 0.1) is 17.5 Å². The number of nitrogens with zero attached hydrogens (tertiary/aromatic N) is 4. The van der Waals surface area contributed by atoms with E-state index in [4.69, 9.17) is 9.97 Å². The molecule has 1 aromatic heterocycles. The highest BCUT2D eigenvalue weighted by Crippen LogP contribution is 2.27. The molecule has 0 amide bonds. The highest BCUT2D eigenvalue weighted by Gasteiger charge is 2.24. The van der Waals surface area contributed by atoms with Crippen LogP contribution in [0.15, 0.2) is 42.5 Å². The quantitative estimate of drug-likeness (QED) is 0.282. The van der Waals surface area contributed by atoms with E-state index in [1.807, 2.05) is 43.3 Å². The zero-order valence-electron chi connectivity index (χ0n) is 20.2. The molecule has 10 heteroatoms. The van der Waals surface area contributed by atoms with Crippen LogP contribution < -0.4 is 15.5 Å². The molecule has 0 aliphatic heterocycles. The van der Waals surface area contributed by atoms with E-state index in [1.165, 1.54) is 19.2 Å². The molecular weight excluding hydrogens is 448 g/mol. The summed E-state index contributed by atoms with van der Waals surface area (Å²) in [6.07, 6.45) is 3.86. The molecule has 2 aromatic carbocycles. The Hall–Kier alpha value is -3.79. The Labute approximate surface area is 203 Å². The van der Waals surface area contributed by atoms with E-state index in [-0.39, 0.29) is 17.3 Å². The van der Waals surface area contributed by atoms with Crippen molar-refractivity contribution in [3.8, 4) is 0 Å². The summed E-state index contributed by atoms with van der Waals surface area (Å²) in [5.74, 6) is 0.817. The zero-order valence-corrected chi connectivity index (χ0v) is 20.2. The average molecular weight is 479 g/mol. The number of esters is 1. The third kappa shape index (κ3) is 5.65. The van der Waals surface area contributed by atoms with Crippen LogP contribution in [0, 0.1) is 10.1 Å². The molecule has 3 aromatic rings. The lowest BCUT2D eigenvalue weighted by Gasteiger charge is -2.30. The maximum atomic E-state index is 11.8. The van der Waals surface area contributed by atoms with Crippen LogP contribution >= 0.6 is 0 Å². The number of carbonyl (C=O) groups excluding carboxylic acids is 1. The maximum Gasteiger partial charge on any atom is 0.344 e. The van der Waals surface area contributed by atoms with Crippen molar-refractivity contribution in [3.63, 3.8) is 0 Å². The van der Waals surface area contributed by atoms with Crippen LogP contribution in [0.5, 0.6) is 0 Å². The average Bonchev–Trinajstić information content (AvgIpc) is 2.87. The summed E-state index contributed by atoms with van der Waals surface area (Å²) in [5.41, 5.74) is 1.39. The van der Waals surface area contributed by atoms with Crippen LogP contribution in [-0.4, -0.2) is 54.1 Å². The first kappa shape index (κ1) is 24.3. The first-order chi connectivity index (χ1) is 16.9. The standard InChI is InChI=1S/C25H30N6O4/c1-30(2)23-19-6-4-5-7-21(19)28-25(29-23)27-18-11-9-17(10-12-18)26-15-16-8-13-20(24(32)35-3)22(14-16)31(33)34/h4-8,13-14,17-18,26H,9-12,15H2,1-3H3,(H,27,28,29). The van der Waals surface area contributed by atoms with Crippen LogP contribution in [0.3, 0.4) is 0 Å². The minimum atomic E-state index is -0.713. The number of rotatable bonds is 8. The van der Waals surface area contributed by atoms with Gasteiger partial charge < -0.3 is 20.3 Å². The lowest BCUT2D eigenvalue weighted by Crippen LogP contribution is -2.37. The molecule has 1 fully saturated rings. The number of carbonyl (C=O) groups is 1. The Morgan fingerprint density at radius 3 is 2.51 bits per heavy atom.